The zero-order chi connectivity index (χ0) is 9.07. The van der Waals surface area contributed by atoms with Crippen molar-refractivity contribution in [3.8, 4) is 0 Å². The molecule has 0 saturated heterocycles. The first-order valence-corrected chi connectivity index (χ1v) is 4.47. The van der Waals surface area contributed by atoms with Crippen LogP contribution in [0.4, 0.5) is 0 Å². The van der Waals surface area contributed by atoms with Gasteiger partial charge in [0.2, 0.25) is 0 Å². The average molecular weight is 197 g/mol. The normalized spacial score (nSPS) is 10.5. The van der Waals surface area contributed by atoms with Crippen molar-refractivity contribution in [2.24, 2.45) is 0 Å². The molecule has 11 heavy (non-hydrogen) atoms. The molecule has 0 rings (SSSR count). The Labute approximate surface area is 69.3 Å². The van der Waals surface area contributed by atoms with Crippen LogP contribution < -0.4 is 5.32 Å². The van der Waals surface area contributed by atoms with E-state index in [0.29, 0.717) is 0 Å². The Hall–Kier alpha value is -0.420. The van der Waals surface area contributed by atoms with Crippen molar-refractivity contribution < 1.29 is 18.9 Å². The van der Waals surface area contributed by atoms with Crippen LogP contribution in [-0.2, 0) is 9.09 Å². The SMILES string of the molecule is C=C(OP(=O)(O)O)C(=S)NC. The van der Waals surface area contributed by atoms with Crippen LogP contribution in [0.3, 0.4) is 0 Å². The Morgan fingerprint density at radius 2 is 2.18 bits per heavy atom. The van der Waals surface area contributed by atoms with Gasteiger partial charge in [0.25, 0.3) is 0 Å². The smallest absolute Gasteiger partial charge is 0.402 e. The lowest BCUT2D eigenvalue weighted by atomic mass is 10.6. The average Bonchev–Trinajstić information content (AvgIpc) is 1.82. The van der Waals surface area contributed by atoms with Gasteiger partial charge in [0.1, 0.15) is 4.99 Å². The fraction of sp³-hybridized carbons (Fsp3) is 0.250. The number of rotatable bonds is 3. The summed E-state index contributed by atoms with van der Waals surface area (Å²) in [5, 5.41) is 2.45. The molecule has 0 aliphatic carbocycles. The quantitative estimate of drug-likeness (QED) is 0.259. The number of hydrogen-bond acceptors (Lipinski definition) is 3. The first kappa shape index (κ1) is 10.6. The second kappa shape index (κ2) is 3.82. The van der Waals surface area contributed by atoms with Gasteiger partial charge in [-0.25, -0.2) is 4.57 Å². The molecular weight excluding hydrogens is 189 g/mol. The minimum Gasteiger partial charge on any atom is -0.402 e. The Morgan fingerprint density at radius 3 is 2.45 bits per heavy atom. The van der Waals surface area contributed by atoms with E-state index in [1.807, 2.05) is 0 Å². The predicted octanol–water partition coefficient (Wildman–Crippen LogP) is 0.156. The zero-order valence-electron chi connectivity index (χ0n) is 5.77. The van der Waals surface area contributed by atoms with Gasteiger partial charge in [0.15, 0.2) is 5.76 Å². The van der Waals surface area contributed by atoms with Crippen LogP contribution in [0.5, 0.6) is 0 Å². The van der Waals surface area contributed by atoms with Crippen molar-refractivity contribution in [1.82, 2.24) is 5.32 Å². The number of thiocarbonyl (C=S) groups is 1. The van der Waals surface area contributed by atoms with Crippen molar-refractivity contribution in [1.29, 1.82) is 0 Å². The van der Waals surface area contributed by atoms with Crippen molar-refractivity contribution >= 4 is 25.0 Å². The maximum absolute atomic E-state index is 10.2. The third-order valence-electron chi connectivity index (χ3n) is 0.709. The second-order valence-corrected chi connectivity index (χ2v) is 3.16. The van der Waals surface area contributed by atoms with Gasteiger partial charge in [-0.2, -0.15) is 0 Å². The topological polar surface area (TPSA) is 78.8 Å². The van der Waals surface area contributed by atoms with Gasteiger partial charge in [-0.1, -0.05) is 18.8 Å². The van der Waals surface area contributed by atoms with Gasteiger partial charge >= 0.3 is 7.82 Å². The van der Waals surface area contributed by atoms with E-state index in [9.17, 15) is 4.57 Å². The van der Waals surface area contributed by atoms with E-state index in [2.05, 4.69) is 28.6 Å². The van der Waals surface area contributed by atoms with Crippen LogP contribution in [0, 0.1) is 0 Å². The molecule has 0 bridgehead atoms. The van der Waals surface area contributed by atoms with Crippen molar-refractivity contribution in [2.75, 3.05) is 7.05 Å². The number of phosphoric acid groups is 1. The lowest BCUT2D eigenvalue weighted by Gasteiger charge is -2.09. The minimum atomic E-state index is -4.52. The minimum absolute atomic E-state index is 0.0633. The molecule has 0 saturated carbocycles. The summed E-state index contributed by atoms with van der Waals surface area (Å²) in [7, 11) is -3.02. The van der Waals surface area contributed by atoms with Gasteiger partial charge in [0.05, 0.1) is 0 Å². The molecule has 3 N–H and O–H groups in total. The first-order chi connectivity index (χ1) is 4.87. The van der Waals surface area contributed by atoms with Crippen LogP contribution in [0.25, 0.3) is 0 Å². The van der Waals surface area contributed by atoms with Crippen LogP contribution in [0.1, 0.15) is 0 Å². The summed E-state index contributed by atoms with van der Waals surface area (Å²) in [6.07, 6.45) is 0. The summed E-state index contributed by atoms with van der Waals surface area (Å²) in [5.74, 6) is -0.240. The van der Waals surface area contributed by atoms with Gasteiger partial charge in [-0.05, 0) is 0 Å². The maximum atomic E-state index is 10.2. The van der Waals surface area contributed by atoms with E-state index in [4.69, 9.17) is 9.79 Å². The largest absolute Gasteiger partial charge is 0.524 e. The number of likely N-dealkylation sites (N-methyl/N-ethyl adjacent to an activating group) is 1. The third-order valence-corrected chi connectivity index (χ3v) is 1.60. The van der Waals surface area contributed by atoms with E-state index >= 15 is 0 Å². The summed E-state index contributed by atoms with van der Waals surface area (Å²) in [4.78, 5) is 16.6. The Balaban J connectivity index is 4.10. The lowest BCUT2D eigenvalue weighted by Crippen LogP contribution is -2.18. The molecule has 0 aliphatic rings. The van der Waals surface area contributed by atoms with E-state index < -0.39 is 7.82 Å². The molecule has 0 aromatic rings. The summed E-state index contributed by atoms with van der Waals surface area (Å²) in [5.41, 5.74) is 0. The standard InChI is InChI=1S/C4H8NO4PS/c1-3(4(11)5-2)9-10(6,7)8/h1H2,2H3,(H,5,11)(H2,6,7,8). The highest BCUT2D eigenvalue weighted by atomic mass is 32.1. The number of phosphoric ester groups is 1. The molecule has 0 amide bonds. The summed E-state index contributed by atoms with van der Waals surface area (Å²) in [6.45, 7) is 3.19. The van der Waals surface area contributed by atoms with Gasteiger partial charge in [0, 0.05) is 7.05 Å². The monoisotopic (exact) mass is 197 g/mol. The molecule has 64 valence electrons. The first-order valence-electron chi connectivity index (χ1n) is 2.53. The molecule has 0 atom stereocenters. The summed E-state index contributed by atoms with van der Waals surface area (Å²) >= 11 is 4.57. The van der Waals surface area contributed by atoms with Gasteiger partial charge in [-0.3, -0.25) is 9.79 Å². The van der Waals surface area contributed by atoms with E-state index in [-0.39, 0.29) is 10.7 Å². The highest BCUT2D eigenvalue weighted by molar-refractivity contribution is 7.80. The molecule has 0 aliphatic heterocycles. The molecule has 5 nitrogen and oxygen atoms in total. The lowest BCUT2D eigenvalue weighted by molar-refractivity contribution is 0.251. The number of nitrogens with one attached hydrogen (secondary N) is 1. The molecule has 7 heteroatoms. The number of hydrogen-bond donors (Lipinski definition) is 3. The van der Waals surface area contributed by atoms with E-state index in [0.717, 1.165) is 0 Å². The van der Waals surface area contributed by atoms with Crippen molar-refractivity contribution in [3.05, 3.63) is 12.3 Å². The van der Waals surface area contributed by atoms with Crippen molar-refractivity contribution in [3.63, 3.8) is 0 Å². The second-order valence-electron chi connectivity index (χ2n) is 1.58. The van der Waals surface area contributed by atoms with Crippen LogP contribution in [-0.4, -0.2) is 21.8 Å². The molecule has 0 aromatic heterocycles. The fourth-order valence-corrected chi connectivity index (χ4v) is 0.806. The Bertz CT molecular complexity index is 222. The van der Waals surface area contributed by atoms with Crippen LogP contribution in [0.15, 0.2) is 12.3 Å². The van der Waals surface area contributed by atoms with Crippen LogP contribution in [0.2, 0.25) is 0 Å². The highest BCUT2D eigenvalue weighted by Crippen LogP contribution is 2.38. The van der Waals surface area contributed by atoms with Crippen molar-refractivity contribution in [2.45, 2.75) is 0 Å². The molecule has 0 aromatic carbocycles. The zero-order valence-corrected chi connectivity index (χ0v) is 7.48. The van der Waals surface area contributed by atoms with Gasteiger partial charge in [-0.15, -0.1) is 0 Å². The fourth-order valence-electron chi connectivity index (χ4n) is 0.324. The molecular formula is C4H8NO4PS. The van der Waals surface area contributed by atoms with Gasteiger partial charge < -0.3 is 9.84 Å². The highest BCUT2D eigenvalue weighted by Gasteiger charge is 2.17. The Kier molecular flexibility index (Phi) is 3.68. The molecule has 0 spiro atoms. The maximum Gasteiger partial charge on any atom is 0.524 e. The third kappa shape index (κ3) is 4.92. The Morgan fingerprint density at radius 1 is 1.73 bits per heavy atom. The van der Waals surface area contributed by atoms with E-state index in [1.54, 1.807) is 0 Å². The molecule has 0 fully saturated rings. The molecule has 0 unspecified atom stereocenters. The molecule has 0 heterocycles. The van der Waals surface area contributed by atoms with E-state index in [1.165, 1.54) is 7.05 Å². The van der Waals surface area contributed by atoms with Crippen LogP contribution >= 0.6 is 20.0 Å². The molecule has 0 radical (unpaired) electrons. The summed E-state index contributed by atoms with van der Waals surface area (Å²) < 4.78 is 14.2. The predicted molar refractivity (Wildman–Crippen MR) is 43.9 cm³/mol. The summed E-state index contributed by atoms with van der Waals surface area (Å²) in [6, 6.07) is 0.